The van der Waals surface area contributed by atoms with Crippen molar-refractivity contribution >= 4 is 15.9 Å². The van der Waals surface area contributed by atoms with Crippen molar-refractivity contribution in [2.24, 2.45) is 0 Å². The summed E-state index contributed by atoms with van der Waals surface area (Å²) in [7, 11) is 1.98. The molecule has 1 atom stereocenters. The molecule has 0 saturated heterocycles. The molecule has 0 amide bonds. The molecule has 2 aromatic rings. The molecule has 0 spiro atoms. The highest BCUT2D eigenvalue weighted by Crippen LogP contribution is 2.32. The zero-order valence-corrected chi connectivity index (χ0v) is 14.4. The number of hydrogen-bond acceptors (Lipinski definition) is 2. The van der Waals surface area contributed by atoms with Crippen molar-refractivity contribution < 1.29 is 4.74 Å². The number of halogens is 1. The first kappa shape index (κ1) is 16.1. The van der Waals surface area contributed by atoms with E-state index in [9.17, 15) is 0 Å². The number of benzene rings is 2. The molecule has 0 radical (unpaired) electrons. The van der Waals surface area contributed by atoms with Gasteiger partial charge in [-0.1, -0.05) is 47.1 Å². The summed E-state index contributed by atoms with van der Waals surface area (Å²) in [6, 6.07) is 15.0. The Morgan fingerprint density at radius 3 is 2.38 bits per heavy atom. The molecule has 2 rings (SSSR count). The summed E-state index contributed by atoms with van der Waals surface area (Å²) in [6.45, 7) is 4.85. The summed E-state index contributed by atoms with van der Waals surface area (Å²) in [6.07, 6.45) is 1.06. The number of rotatable bonds is 6. The maximum atomic E-state index is 5.78. The number of nitrogens with one attached hydrogen (secondary N) is 1. The highest BCUT2D eigenvalue weighted by atomic mass is 79.9. The second-order valence-corrected chi connectivity index (χ2v) is 5.85. The first-order chi connectivity index (χ1) is 10.2. The van der Waals surface area contributed by atoms with Crippen LogP contribution in [0.1, 0.15) is 36.6 Å². The second-order valence-electron chi connectivity index (χ2n) is 4.93. The SMILES string of the molecule is CCOc1ccc(Br)cc1C(NC)c1ccc(CC)cc1. The number of hydrogen-bond donors (Lipinski definition) is 1. The van der Waals surface area contributed by atoms with Gasteiger partial charge in [0.1, 0.15) is 5.75 Å². The Kier molecular flexibility index (Phi) is 5.83. The predicted molar refractivity (Wildman–Crippen MR) is 92.0 cm³/mol. The van der Waals surface area contributed by atoms with Gasteiger partial charge < -0.3 is 10.1 Å². The standard InChI is InChI=1S/C18H22BrNO/c1-4-13-6-8-14(9-7-13)18(20-3)16-12-15(19)10-11-17(16)21-5-2/h6-12,18,20H,4-5H2,1-3H3. The zero-order valence-electron chi connectivity index (χ0n) is 12.8. The Morgan fingerprint density at radius 2 is 1.81 bits per heavy atom. The molecule has 21 heavy (non-hydrogen) atoms. The molecule has 112 valence electrons. The van der Waals surface area contributed by atoms with E-state index in [1.54, 1.807) is 0 Å². The first-order valence-corrected chi connectivity index (χ1v) is 8.17. The molecule has 0 aliphatic heterocycles. The lowest BCUT2D eigenvalue weighted by molar-refractivity contribution is 0.334. The molecule has 0 aliphatic rings. The largest absolute Gasteiger partial charge is 0.494 e. The maximum Gasteiger partial charge on any atom is 0.124 e. The summed E-state index contributed by atoms with van der Waals surface area (Å²) in [5, 5.41) is 3.40. The van der Waals surface area contributed by atoms with Crippen molar-refractivity contribution in [1.82, 2.24) is 5.32 Å². The van der Waals surface area contributed by atoms with E-state index < -0.39 is 0 Å². The fraction of sp³-hybridized carbons (Fsp3) is 0.333. The Labute approximate surface area is 135 Å². The fourth-order valence-electron chi connectivity index (χ4n) is 2.48. The van der Waals surface area contributed by atoms with E-state index in [1.807, 2.05) is 26.1 Å². The highest BCUT2D eigenvalue weighted by molar-refractivity contribution is 9.10. The van der Waals surface area contributed by atoms with Crippen molar-refractivity contribution in [3.05, 3.63) is 63.6 Å². The predicted octanol–water partition coefficient (Wildman–Crippen LogP) is 4.72. The van der Waals surface area contributed by atoms with Gasteiger partial charge in [0.2, 0.25) is 0 Å². The molecule has 1 N–H and O–H groups in total. The minimum atomic E-state index is 0.120. The Bertz CT molecular complexity index is 580. The van der Waals surface area contributed by atoms with Crippen LogP contribution in [0.3, 0.4) is 0 Å². The lowest BCUT2D eigenvalue weighted by Crippen LogP contribution is -2.18. The molecule has 3 heteroatoms. The lowest BCUT2D eigenvalue weighted by Gasteiger charge is -2.21. The van der Waals surface area contributed by atoms with Crippen LogP contribution in [0.5, 0.6) is 5.75 Å². The van der Waals surface area contributed by atoms with Crippen LogP contribution in [0.2, 0.25) is 0 Å². The van der Waals surface area contributed by atoms with Crippen LogP contribution in [0.4, 0.5) is 0 Å². The van der Waals surface area contributed by atoms with Crippen LogP contribution < -0.4 is 10.1 Å². The van der Waals surface area contributed by atoms with Crippen molar-refractivity contribution in [2.75, 3.05) is 13.7 Å². The summed E-state index contributed by atoms with van der Waals surface area (Å²) < 4.78 is 6.84. The zero-order chi connectivity index (χ0) is 15.2. The van der Waals surface area contributed by atoms with Gasteiger partial charge in [-0.2, -0.15) is 0 Å². The van der Waals surface area contributed by atoms with E-state index in [0.29, 0.717) is 6.61 Å². The van der Waals surface area contributed by atoms with Crippen LogP contribution in [0.25, 0.3) is 0 Å². The fourth-order valence-corrected chi connectivity index (χ4v) is 2.86. The van der Waals surface area contributed by atoms with Crippen LogP contribution >= 0.6 is 15.9 Å². The quantitative estimate of drug-likeness (QED) is 0.816. The molecule has 0 fully saturated rings. The van der Waals surface area contributed by atoms with E-state index in [4.69, 9.17) is 4.74 Å². The summed E-state index contributed by atoms with van der Waals surface area (Å²) in [5.74, 6) is 0.930. The number of aryl methyl sites for hydroxylation is 1. The third-order valence-electron chi connectivity index (χ3n) is 3.59. The maximum absolute atomic E-state index is 5.78. The summed E-state index contributed by atoms with van der Waals surface area (Å²) in [4.78, 5) is 0. The van der Waals surface area contributed by atoms with E-state index in [0.717, 1.165) is 22.2 Å². The lowest BCUT2D eigenvalue weighted by atomic mass is 9.96. The smallest absolute Gasteiger partial charge is 0.124 e. The molecule has 2 nitrogen and oxygen atoms in total. The van der Waals surface area contributed by atoms with Crippen LogP contribution in [-0.2, 0) is 6.42 Å². The van der Waals surface area contributed by atoms with E-state index in [-0.39, 0.29) is 6.04 Å². The molecule has 0 heterocycles. The second kappa shape index (κ2) is 7.62. The van der Waals surface area contributed by atoms with Gasteiger partial charge in [0.05, 0.1) is 12.6 Å². The molecule has 1 unspecified atom stereocenters. The van der Waals surface area contributed by atoms with E-state index >= 15 is 0 Å². The number of ether oxygens (including phenoxy) is 1. The Balaban J connectivity index is 2.41. The van der Waals surface area contributed by atoms with Gasteiger partial charge in [0, 0.05) is 10.0 Å². The van der Waals surface area contributed by atoms with Gasteiger partial charge in [0.25, 0.3) is 0 Å². The van der Waals surface area contributed by atoms with E-state index in [2.05, 4.69) is 58.5 Å². The minimum absolute atomic E-state index is 0.120. The molecular formula is C18H22BrNO. The molecular weight excluding hydrogens is 326 g/mol. The third kappa shape index (κ3) is 3.86. The van der Waals surface area contributed by atoms with Crippen LogP contribution in [0.15, 0.2) is 46.9 Å². The first-order valence-electron chi connectivity index (χ1n) is 7.37. The van der Waals surface area contributed by atoms with Crippen LogP contribution in [0, 0.1) is 0 Å². The van der Waals surface area contributed by atoms with Gasteiger partial charge >= 0.3 is 0 Å². The molecule has 0 aliphatic carbocycles. The molecule has 2 aromatic carbocycles. The summed E-state index contributed by atoms with van der Waals surface area (Å²) in [5.41, 5.74) is 3.75. The Hall–Kier alpha value is -1.32. The Morgan fingerprint density at radius 1 is 1.10 bits per heavy atom. The van der Waals surface area contributed by atoms with Crippen molar-refractivity contribution in [1.29, 1.82) is 0 Å². The van der Waals surface area contributed by atoms with Crippen LogP contribution in [-0.4, -0.2) is 13.7 Å². The molecule has 0 bridgehead atoms. The highest BCUT2D eigenvalue weighted by Gasteiger charge is 2.17. The van der Waals surface area contributed by atoms with Gasteiger partial charge in [-0.05, 0) is 49.7 Å². The van der Waals surface area contributed by atoms with Crippen molar-refractivity contribution in [3.63, 3.8) is 0 Å². The average molecular weight is 348 g/mol. The monoisotopic (exact) mass is 347 g/mol. The minimum Gasteiger partial charge on any atom is -0.494 e. The average Bonchev–Trinajstić information content (AvgIpc) is 2.51. The summed E-state index contributed by atoms with van der Waals surface area (Å²) >= 11 is 3.56. The van der Waals surface area contributed by atoms with Gasteiger partial charge in [0.15, 0.2) is 0 Å². The van der Waals surface area contributed by atoms with Crippen molar-refractivity contribution in [2.45, 2.75) is 26.3 Å². The van der Waals surface area contributed by atoms with Crippen molar-refractivity contribution in [3.8, 4) is 5.75 Å². The van der Waals surface area contributed by atoms with Gasteiger partial charge in [-0.3, -0.25) is 0 Å². The normalized spacial score (nSPS) is 12.2. The third-order valence-corrected chi connectivity index (χ3v) is 4.09. The van der Waals surface area contributed by atoms with Gasteiger partial charge in [-0.25, -0.2) is 0 Å². The molecule has 0 saturated carbocycles. The van der Waals surface area contributed by atoms with Gasteiger partial charge in [-0.15, -0.1) is 0 Å². The molecule has 0 aromatic heterocycles. The topological polar surface area (TPSA) is 21.3 Å². The van der Waals surface area contributed by atoms with E-state index in [1.165, 1.54) is 11.1 Å².